The fraction of sp³-hybridized carbons (Fsp3) is 0.435. The standard InChI is InChI=1S/C23H22ClF3N4O/c1-12-6-5-7-13(2)30(12)22(32)19-17(24)21-28-18-15-9-4-3-8-14(15)10-11-16(18)20(23(25,26)27)31(21)29-19/h3-4,8-9,12-13H,5-7,10-11H2,1-2H3/t12-,13-/m1/s1. The van der Waals surface area contributed by atoms with E-state index < -0.39 is 17.8 Å². The summed E-state index contributed by atoms with van der Waals surface area (Å²) < 4.78 is 43.6. The predicted molar refractivity (Wildman–Crippen MR) is 115 cm³/mol. The number of aromatic nitrogens is 3. The lowest BCUT2D eigenvalue weighted by atomic mass is 9.88. The lowest BCUT2D eigenvalue weighted by Crippen LogP contribution is -2.47. The lowest BCUT2D eigenvalue weighted by Gasteiger charge is -2.38. The Morgan fingerprint density at radius 2 is 1.81 bits per heavy atom. The minimum Gasteiger partial charge on any atom is -0.332 e. The van der Waals surface area contributed by atoms with Crippen LogP contribution in [0.4, 0.5) is 13.2 Å². The van der Waals surface area contributed by atoms with Crippen molar-refractivity contribution >= 4 is 23.2 Å². The molecule has 3 heterocycles. The molecule has 1 amide bonds. The van der Waals surface area contributed by atoms with Gasteiger partial charge in [0.25, 0.3) is 5.91 Å². The number of carbonyl (C=O) groups excluding carboxylic acids is 1. The van der Waals surface area contributed by atoms with Crippen LogP contribution in [0, 0.1) is 0 Å². The average Bonchev–Trinajstić information content (AvgIpc) is 3.07. The Balaban J connectivity index is 1.75. The Kier molecular flexibility index (Phi) is 4.96. The smallest absolute Gasteiger partial charge is 0.332 e. The molecule has 2 aromatic heterocycles. The molecule has 1 aromatic carbocycles. The van der Waals surface area contributed by atoms with Gasteiger partial charge in [0.05, 0.1) is 5.69 Å². The summed E-state index contributed by atoms with van der Waals surface area (Å²) in [5, 5.41) is 3.96. The molecule has 5 nitrogen and oxygen atoms in total. The fourth-order valence-corrected chi connectivity index (χ4v) is 5.36. The highest BCUT2D eigenvalue weighted by atomic mass is 35.5. The van der Waals surface area contributed by atoms with Crippen LogP contribution in [0.2, 0.25) is 5.02 Å². The first-order valence-corrected chi connectivity index (χ1v) is 11.2. The van der Waals surface area contributed by atoms with Crippen LogP contribution in [0.25, 0.3) is 16.9 Å². The second-order valence-electron chi connectivity index (χ2n) is 8.68. The van der Waals surface area contributed by atoms with Crippen LogP contribution in [-0.4, -0.2) is 37.5 Å². The molecule has 0 saturated carbocycles. The minimum atomic E-state index is -4.68. The molecule has 0 unspecified atom stereocenters. The SMILES string of the molecule is C[C@@H]1CCC[C@@H](C)N1C(=O)c1nn2c(C(F)(F)F)c3c(nc2c1Cl)-c1ccccc1CC3. The number of halogens is 4. The van der Waals surface area contributed by atoms with Gasteiger partial charge in [0, 0.05) is 23.2 Å². The number of alkyl halides is 3. The van der Waals surface area contributed by atoms with E-state index in [4.69, 9.17) is 11.6 Å². The molecule has 1 fully saturated rings. The molecule has 168 valence electrons. The monoisotopic (exact) mass is 462 g/mol. The van der Waals surface area contributed by atoms with E-state index in [2.05, 4.69) is 10.1 Å². The lowest BCUT2D eigenvalue weighted by molar-refractivity contribution is -0.143. The number of hydrogen-bond donors (Lipinski definition) is 0. The van der Waals surface area contributed by atoms with Gasteiger partial charge < -0.3 is 4.90 Å². The molecule has 0 radical (unpaired) electrons. The average molecular weight is 463 g/mol. The molecule has 2 aliphatic rings. The van der Waals surface area contributed by atoms with Gasteiger partial charge in [-0.05, 0) is 51.5 Å². The molecule has 5 rings (SSSR count). The second kappa shape index (κ2) is 7.47. The van der Waals surface area contributed by atoms with E-state index in [-0.39, 0.29) is 46.1 Å². The number of piperidine rings is 1. The van der Waals surface area contributed by atoms with Crippen molar-refractivity contribution in [1.29, 1.82) is 0 Å². The van der Waals surface area contributed by atoms with E-state index in [9.17, 15) is 18.0 Å². The Morgan fingerprint density at radius 3 is 2.50 bits per heavy atom. The van der Waals surface area contributed by atoms with Gasteiger partial charge in [0.15, 0.2) is 17.0 Å². The van der Waals surface area contributed by atoms with E-state index in [1.54, 1.807) is 17.0 Å². The zero-order valence-corrected chi connectivity index (χ0v) is 18.5. The van der Waals surface area contributed by atoms with Crippen LogP contribution in [0.1, 0.15) is 60.4 Å². The van der Waals surface area contributed by atoms with Crippen molar-refractivity contribution in [3.05, 3.63) is 51.8 Å². The highest BCUT2D eigenvalue weighted by Crippen LogP contribution is 2.42. The highest BCUT2D eigenvalue weighted by molar-refractivity contribution is 6.36. The van der Waals surface area contributed by atoms with Crippen LogP contribution in [0.15, 0.2) is 24.3 Å². The van der Waals surface area contributed by atoms with Crippen molar-refractivity contribution in [2.45, 2.75) is 64.2 Å². The quantitative estimate of drug-likeness (QED) is 0.475. The Bertz CT molecular complexity index is 1230. The first-order chi connectivity index (χ1) is 15.2. The van der Waals surface area contributed by atoms with Gasteiger partial charge in [-0.3, -0.25) is 4.79 Å². The van der Waals surface area contributed by atoms with Crippen molar-refractivity contribution in [2.75, 3.05) is 0 Å². The summed E-state index contributed by atoms with van der Waals surface area (Å²) in [6.07, 6.45) is -1.36. The summed E-state index contributed by atoms with van der Waals surface area (Å²) in [5.74, 6) is -0.452. The zero-order chi connectivity index (χ0) is 22.8. The van der Waals surface area contributed by atoms with Crippen molar-refractivity contribution < 1.29 is 18.0 Å². The van der Waals surface area contributed by atoms with Gasteiger partial charge in [-0.1, -0.05) is 35.9 Å². The van der Waals surface area contributed by atoms with Gasteiger partial charge in [-0.25, -0.2) is 9.50 Å². The Labute approximate surface area is 188 Å². The van der Waals surface area contributed by atoms with Crippen molar-refractivity contribution in [2.24, 2.45) is 0 Å². The van der Waals surface area contributed by atoms with Crippen molar-refractivity contribution in [1.82, 2.24) is 19.5 Å². The fourth-order valence-electron chi connectivity index (χ4n) is 5.12. The van der Waals surface area contributed by atoms with Crippen molar-refractivity contribution in [3.63, 3.8) is 0 Å². The first-order valence-electron chi connectivity index (χ1n) is 10.8. The number of amides is 1. The minimum absolute atomic E-state index is 0.0396. The van der Waals surface area contributed by atoms with E-state index in [0.717, 1.165) is 29.3 Å². The second-order valence-corrected chi connectivity index (χ2v) is 9.06. The molecule has 1 saturated heterocycles. The maximum atomic E-state index is 14.3. The third-order valence-corrected chi connectivity index (χ3v) is 6.97. The van der Waals surface area contributed by atoms with E-state index >= 15 is 0 Å². The summed E-state index contributed by atoms with van der Waals surface area (Å²) in [7, 11) is 0. The Hall–Kier alpha value is -2.61. The Morgan fingerprint density at radius 1 is 1.12 bits per heavy atom. The number of hydrogen-bond acceptors (Lipinski definition) is 3. The number of rotatable bonds is 1. The van der Waals surface area contributed by atoms with Crippen LogP contribution >= 0.6 is 11.6 Å². The maximum absolute atomic E-state index is 14.3. The summed E-state index contributed by atoms with van der Waals surface area (Å²) in [4.78, 5) is 19.5. The largest absolute Gasteiger partial charge is 0.433 e. The molecule has 32 heavy (non-hydrogen) atoms. The molecular weight excluding hydrogens is 441 g/mol. The first kappa shape index (κ1) is 21.2. The molecule has 9 heteroatoms. The number of aryl methyl sites for hydroxylation is 1. The highest BCUT2D eigenvalue weighted by Gasteiger charge is 2.42. The molecule has 0 bridgehead atoms. The molecule has 2 atom stereocenters. The number of carbonyl (C=O) groups is 1. The van der Waals surface area contributed by atoms with Crippen LogP contribution in [-0.2, 0) is 19.0 Å². The molecule has 0 N–H and O–H groups in total. The van der Waals surface area contributed by atoms with Gasteiger partial charge in [0.1, 0.15) is 5.02 Å². The molecule has 3 aromatic rings. The van der Waals surface area contributed by atoms with Crippen LogP contribution in [0.3, 0.4) is 0 Å². The number of nitrogens with zero attached hydrogens (tertiary/aromatic N) is 4. The predicted octanol–water partition coefficient (Wildman–Crippen LogP) is 5.57. The normalized spacial score (nSPS) is 20.9. The molecule has 1 aliphatic heterocycles. The van der Waals surface area contributed by atoms with Gasteiger partial charge in [0.2, 0.25) is 0 Å². The van der Waals surface area contributed by atoms with Gasteiger partial charge in [-0.2, -0.15) is 18.3 Å². The number of benzene rings is 1. The molecule has 1 aliphatic carbocycles. The van der Waals surface area contributed by atoms with Gasteiger partial charge in [-0.15, -0.1) is 0 Å². The number of fused-ring (bicyclic) bond motifs is 4. The maximum Gasteiger partial charge on any atom is 0.433 e. The molecule has 0 spiro atoms. The van der Waals surface area contributed by atoms with Crippen LogP contribution in [0.5, 0.6) is 0 Å². The third kappa shape index (κ3) is 3.18. The third-order valence-electron chi connectivity index (χ3n) is 6.62. The molecular formula is C23H22ClF3N4O. The van der Waals surface area contributed by atoms with Crippen molar-refractivity contribution in [3.8, 4) is 11.3 Å². The summed E-state index contributed by atoms with van der Waals surface area (Å²) in [6.45, 7) is 3.87. The summed E-state index contributed by atoms with van der Waals surface area (Å²) in [5.41, 5.74) is 0.704. The van der Waals surface area contributed by atoms with E-state index in [1.165, 1.54) is 0 Å². The summed E-state index contributed by atoms with van der Waals surface area (Å²) >= 11 is 6.50. The van der Waals surface area contributed by atoms with Gasteiger partial charge >= 0.3 is 6.18 Å². The topological polar surface area (TPSA) is 50.5 Å². The van der Waals surface area contributed by atoms with E-state index in [0.29, 0.717) is 12.0 Å². The van der Waals surface area contributed by atoms with E-state index in [1.807, 2.05) is 26.0 Å². The van der Waals surface area contributed by atoms with Crippen LogP contribution < -0.4 is 0 Å². The zero-order valence-electron chi connectivity index (χ0n) is 17.7. The number of likely N-dealkylation sites (tertiary alicyclic amines) is 1. The summed E-state index contributed by atoms with van der Waals surface area (Å²) in [6, 6.07) is 7.22.